The molecule has 0 fully saturated rings. The van der Waals surface area contributed by atoms with E-state index in [2.05, 4.69) is 14.7 Å². The molecule has 2 aromatic heterocycles. The van der Waals surface area contributed by atoms with Crippen molar-refractivity contribution in [3.8, 4) is 0 Å². The van der Waals surface area contributed by atoms with Gasteiger partial charge >= 0.3 is 0 Å². The Kier molecular flexibility index (Phi) is 3.68. The molecule has 0 aromatic carbocycles. The van der Waals surface area contributed by atoms with Crippen LogP contribution >= 0.6 is 11.6 Å². The number of hydrogen-bond donors (Lipinski definition) is 1. The summed E-state index contributed by atoms with van der Waals surface area (Å²) >= 11 is 5.67. The fraction of sp³-hybridized carbons (Fsp3) is 0.0909. The van der Waals surface area contributed by atoms with Crippen LogP contribution in [-0.4, -0.2) is 18.4 Å². The molecule has 0 spiro atoms. The predicted molar refractivity (Wildman–Crippen MR) is 69.0 cm³/mol. The Morgan fingerprint density at radius 1 is 1.32 bits per heavy atom. The lowest BCUT2D eigenvalue weighted by atomic mass is 10.3. The van der Waals surface area contributed by atoms with E-state index < -0.39 is 20.9 Å². The highest BCUT2D eigenvalue weighted by Crippen LogP contribution is 2.20. The first kappa shape index (κ1) is 13.7. The first-order chi connectivity index (χ1) is 8.90. The van der Waals surface area contributed by atoms with E-state index in [1.165, 1.54) is 24.4 Å². The van der Waals surface area contributed by atoms with Crippen LogP contribution in [-0.2, 0) is 10.0 Å². The summed E-state index contributed by atoms with van der Waals surface area (Å²) in [7, 11) is -4.10. The zero-order valence-electron chi connectivity index (χ0n) is 9.76. The van der Waals surface area contributed by atoms with Gasteiger partial charge in [-0.15, -0.1) is 0 Å². The average Bonchev–Trinajstić information content (AvgIpc) is 2.33. The van der Waals surface area contributed by atoms with Crippen molar-refractivity contribution < 1.29 is 12.8 Å². The molecule has 0 radical (unpaired) electrons. The molecule has 0 bridgehead atoms. The minimum absolute atomic E-state index is 0.217. The summed E-state index contributed by atoms with van der Waals surface area (Å²) in [4.78, 5) is 7.42. The standard InChI is InChI=1S/C11H9ClFN3O2S/c1-7-9(4-5-10(12)15-7)16-19(17,18)11-8(13)3-2-6-14-11/h2-6,16H,1H3. The van der Waals surface area contributed by atoms with E-state index in [0.717, 1.165) is 6.07 Å². The lowest BCUT2D eigenvalue weighted by molar-refractivity contribution is 0.556. The number of anilines is 1. The van der Waals surface area contributed by atoms with Crippen molar-refractivity contribution in [2.24, 2.45) is 0 Å². The Balaban J connectivity index is 2.40. The molecule has 0 aliphatic rings. The topological polar surface area (TPSA) is 72.0 Å². The van der Waals surface area contributed by atoms with Gasteiger partial charge in [0.25, 0.3) is 10.0 Å². The van der Waals surface area contributed by atoms with E-state index in [-0.39, 0.29) is 10.8 Å². The Morgan fingerprint density at radius 2 is 2.05 bits per heavy atom. The molecule has 5 nitrogen and oxygen atoms in total. The maximum absolute atomic E-state index is 13.4. The number of nitrogens with one attached hydrogen (secondary N) is 1. The van der Waals surface area contributed by atoms with E-state index in [1.807, 2.05) is 0 Å². The van der Waals surface area contributed by atoms with Crippen molar-refractivity contribution in [3.63, 3.8) is 0 Å². The highest BCUT2D eigenvalue weighted by atomic mass is 35.5. The highest BCUT2D eigenvalue weighted by molar-refractivity contribution is 7.92. The quantitative estimate of drug-likeness (QED) is 0.884. The van der Waals surface area contributed by atoms with Crippen LogP contribution in [0.15, 0.2) is 35.5 Å². The number of sulfonamides is 1. The van der Waals surface area contributed by atoms with Gasteiger partial charge in [-0.25, -0.2) is 14.4 Å². The molecule has 0 aliphatic heterocycles. The van der Waals surface area contributed by atoms with Gasteiger partial charge < -0.3 is 0 Å². The van der Waals surface area contributed by atoms with E-state index >= 15 is 0 Å². The highest BCUT2D eigenvalue weighted by Gasteiger charge is 2.21. The maximum atomic E-state index is 13.4. The first-order valence-electron chi connectivity index (χ1n) is 5.16. The van der Waals surface area contributed by atoms with Gasteiger partial charge in [-0.3, -0.25) is 4.72 Å². The molecule has 8 heteroatoms. The van der Waals surface area contributed by atoms with Crippen LogP contribution in [0.1, 0.15) is 5.69 Å². The summed E-state index contributed by atoms with van der Waals surface area (Å²) in [6.45, 7) is 1.58. The van der Waals surface area contributed by atoms with Crippen LogP contribution < -0.4 is 4.72 Å². The second kappa shape index (κ2) is 5.10. The second-order valence-corrected chi connectivity index (χ2v) is 5.65. The van der Waals surface area contributed by atoms with Crippen molar-refractivity contribution in [2.75, 3.05) is 4.72 Å². The van der Waals surface area contributed by atoms with E-state index in [0.29, 0.717) is 5.69 Å². The summed E-state index contributed by atoms with van der Waals surface area (Å²) in [5.41, 5.74) is 0.599. The molecule has 0 aliphatic carbocycles. The molecular formula is C11H9ClFN3O2S. The number of nitrogens with zero attached hydrogens (tertiary/aromatic N) is 2. The number of halogens is 2. The number of pyridine rings is 2. The minimum Gasteiger partial charge on any atom is -0.276 e. The summed E-state index contributed by atoms with van der Waals surface area (Å²) in [5, 5.41) is -0.422. The number of aromatic nitrogens is 2. The van der Waals surface area contributed by atoms with Crippen molar-refractivity contribution >= 4 is 27.3 Å². The Morgan fingerprint density at radius 3 is 2.68 bits per heavy atom. The maximum Gasteiger partial charge on any atom is 0.282 e. The zero-order valence-corrected chi connectivity index (χ0v) is 11.3. The number of hydrogen-bond acceptors (Lipinski definition) is 4. The van der Waals surface area contributed by atoms with Crippen LogP contribution in [0.5, 0.6) is 0 Å². The van der Waals surface area contributed by atoms with Gasteiger partial charge in [0, 0.05) is 6.20 Å². The van der Waals surface area contributed by atoms with Crippen LogP contribution in [0.25, 0.3) is 0 Å². The third kappa shape index (κ3) is 2.99. The Hall–Kier alpha value is -1.73. The lowest BCUT2D eigenvalue weighted by Gasteiger charge is -2.09. The smallest absolute Gasteiger partial charge is 0.276 e. The Labute approximate surface area is 114 Å². The molecule has 2 heterocycles. The summed E-state index contributed by atoms with van der Waals surface area (Å²) < 4.78 is 39.6. The minimum atomic E-state index is -4.10. The molecule has 0 saturated carbocycles. The van der Waals surface area contributed by atoms with E-state index in [1.54, 1.807) is 6.92 Å². The molecule has 2 aromatic rings. The molecule has 19 heavy (non-hydrogen) atoms. The molecule has 0 atom stereocenters. The van der Waals surface area contributed by atoms with Gasteiger partial charge in [-0.2, -0.15) is 8.42 Å². The van der Waals surface area contributed by atoms with Crippen LogP contribution in [0.2, 0.25) is 5.15 Å². The van der Waals surface area contributed by atoms with Crippen LogP contribution in [0.3, 0.4) is 0 Å². The zero-order chi connectivity index (χ0) is 14.0. The van der Waals surface area contributed by atoms with Crippen molar-refractivity contribution in [1.29, 1.82) is 0 Å². The van der Waals surface area contributed by atoms with E-state index in [9.17, 15) is 12.8 Å². The van der Waals surface area contributed by atoms with Crippen molar-refractivity contribution in [3.05, 3.63) is 47.1 Å². The second-order valence-electron chi connectivity index (χ2n) is 3.66. The first-order valence-corrected chi connectivity index (χ1v) is 7.03. The lowest BCUT2D eigenvalue weighted by Crippen LogP contribution is -2.17. The molecule has 100 valence electrons. The molecule has 2 rings (SSSR count). The van der Waals surface area contributed by atoms with Gasteiger partial charge in [-0.05, 0) is 31.2 Å². The van der Waals surface area contributed by atoms with Gasteiger partial charge in [0.2, 0.25) is 5.03 Å². The van der Waals surface area contributed by atoms with Gasteiger partial charge in [0.15, 0.2) is 5.82 Å². The molecular weight excluding hydrogens is 293 g/mol. The molecule has 0 saturated heterocycles. The monoisotopic (exact) mass is 301 g/mol. The molecule has 0 amide bonds. The fourth-order valence-electron chi connectivity index (χ4n) is 1.40. The van der Waals surface area contributed by atoms with Crippen LogP contribution in [0.4, 0.5) is 10.1 Å². The SMILES string of the molecule is Cc1nc(Cl)ccc1NS(=O)(=O)c1ncccc1F. The predicted octanol–water partition coefficient (Wildman–Crippen LogP) is 2.38. The summed E-state index contributed by atoms with van der Waals surface area (Å²) in [6.07, 6.45) is 1.20. The van der Waals surface area contributed by atoms with E-state index in [4.69, 9.17) is 11.6 Å². The van der Waals surface area contributed by atoms with Gasteiger partial charge in [0.05, 0.1) is 11.4 Å². The average molecular weight is 302 g/mol. The summed E-state index contributed by atoms with van der Waals surface area (Å²) in [6, 6.07) is 5.21. The van der Waals surface area contributed by atoms with Gasteiger partial charge in [0.1, 0.15) is 5.15 Å². The largest absolute Gasteiger partial charge is 0.282 e. The molecule has 0 unspecified atom stereocenters. The number of aryl methyl sites for hydroxylation is 1. The Bertz CT molecular complexity index is 722. The third-order valence-corrected chi connectivity index (χ3v) is 3.78. The third-order valence-electron chi connectivity index (χ3n) is 2.28. The summed E-state index contributed by atoms with van der Waals surface area (Å²) in [5.74, 6) is -0.922. The van der Waals surface area contributed by atoms with Crippen molar-refractivity contribution in [2.45, 2.75) is 11.9 Å². The van der Waals surface area contributed by atoms with Crippen molar-refractivity contribution in [1.82, 2.24) is 9.97 Å². The fourth-order valence-corrected chi connectivity index (χ4v) is 2.72. The van der Waals surface area contributed by atoms with Crippen LogP contribution in [0, 0.1) is 12.7 Å². The molecule has 1 N–H and O–H groups in total. The van der Waals surface area contributed by atoms with Gasteiger partial charge in [-0.1, -0.05) is 11.6 Å². The number of rotatable bonds is 3. The normalized spacial score (nSPS) is 11.3.